The molecule has 0 unspecified atom stereocenters. The molecule has 0 aliphatic rings. The average molecular weight is 242 g/mol. The van der Waals surface area contributed by atoms with Crippen LogP contribution in [-0.2, 0) is 13.2 Å². The van der Waals surface area contributed by atoms with Crippen molar-refractivity contribution >= 4 is 16.7 Å². The van der Waals surface area contributed by atoms with Crippen LogP contribution in [0.5, 0.6) is 0 Å². The summed E-state index contributed by atoms with van der Waals surface area (Å²) in [6, 6.07) is 4.07. The van der Waals surface area contributed by atoms with Crippen molar-refractivity contribution in [2.75, 3.05) is 0 Å². The summed E-state index contributed by atoms with van der Waals surface area (Å²) in [5, 5.41) is 3.45. The van der Waals surface area contributed by atoms with Crippen molar-refractivity contribution < 1.29 is 18.0 Å². The summed E-state index contributed by atoms with van der Waals surface area (Å²) in [5.41, 5.74) is -0.260. The van der Waals surface area contributed by atoms with Gasteiger partial charge in [0.15, 0.2) is 11.5 Å². The van der Waals surface area contributed by atoms with Gasteiger partial charge in [0, 0.05) is 18.0 Å². The van der Waals surface area contributed by atoms with Gasteiger partial charge in [0.2, 0.25) is 0 Å². The summed E-state index contributed by atoms with van der Waals surface area (Å²) in [4.78, 5) is 11.2. The van der Waals surface area contributed by atoms with Gasteiger partial charge in [-0.15, -0.1) is 0 Å². The summed E-state index contributed by atoms with van der Waals surface area (Å²) >= 11 is 0. The molecule has 1 aromatic carbocycles. The number of benzene rings is 1. The topological polar surface area (TPSA) is 34.9 Å². The molecule has 1 heterocycles. The fourth-order valence-corrected chi connectivity index (χ4v) is 1.69. The van der Waals surface area contributed by atoms with Crippen LogP contribution in [0, 0.1) is 0 Å². The van der Waals surface area contributed by atoms with E-state index in [4.69, 9.17) is 0 Å². The molecule has 2 rings (SSSR count). The van der Waals surface area contributed by atoms with Gasteiger partial charge in [0.05, 0.1) is 5.52 Å². The predicted molar refractivity (Wildman–Crippen MR) is 55.7 cm³/mol. The number of carbonyl (C=O) groups is 1. The van der Waals surface area contributed by atoms with Gasteiger partial charge >= 0.3 is 6.18 Å². The van der Waals surface area contributed by atoms with Crippen LogP contribution in [0.15, 0.2) is 18.2 Å². The van der Waals surface area contributed by atoms with Crippen LogP contribution in [0.4, 0.5) is 13.2 Å². The lowest BCUT2D eigenvalue weighted by molar-refractivity contribution is -0.140. The maximum atomic E-state index is 12.6. The monoisotopic (exact) mass is 242 g/mol. The number of hydrogen-bond acceptors (Lipinski definition) is 2. The van der Waals surface area contributed by atoms with Gasteiger partial charge in [0.1, 0.15) is 0 Å². The maximum absolute atomic E-state index is 12.6. The minimum absolute atomic E-state index is 0.00463. The summed E-state index contributed by atoms with van der Waals surface area (Å²) in [7, 11) is 1.42. The van der Waals surface area contributed by atoms with Crippen molar-refractivity contribution in [1.82, 2.24) is 9.78 Å². The number of nitrogens with zero attached hydrogens (tertiary/aromatic N) is 2. The Morgan fingerprint density at radius 2 is 2.00 bits per heavy atom. The largest absolute Gasteiger partial charge is 0.435 e. The second kappa shape index (κ2) is 3.58. The molecule has 0 saturated carbocycles. The third-order valence-electron chi connectivity index (χ3n) is 2.53. The van der Waals surface area contributed by atoms with Gasteiger partial charge in [-0.3, -0.25) is 9.48 Å². The normalized spacial score (nSPS) is 12.1. The Labute approximate surface area is 94.8 Å². The first-order valence-electron chi connectivity index (χ1n) is 4.85. The van der Waals surface area contributed by atoms with Crippen LogP contribution < -0.4 is 0 Å². The van der Waals surface area contributed by atoms with E-state index in [0.717, 1.165) is 4.68 Å². The molecule has 3 nitrogen and oxygen atoms in total. The number of rotatable bonds is 1. The summed E-state index contributed by atoms with van der Waals surface area (Å²) in [5.74, 6) is -0.193. The number of alkyl halides is 3. The summed E-state index contributed by atoms with van der Waals surface area (Å²) < 4.78 is 39.1. The second-order valence-corrected chi connectivity index (χ2v) is 3.76. The summed E-state index contributed by atoms with van der Waals surface area (Å²) in [6.07, 6.45) is -4.49. The Hall–Kier alpha value is -1.85. The van der Waals surface area contributed by atoms with Gasteiger partial charge in [0.25, 0.3) is 0 Å². The van der Waals surface area contributed by atoms with Crippen molar-refractivity contribution in [3.63, 3.8) is 0 Å². The third-order valence-corrected chi connectivity index (χ3v) is 2.53. The molecule has 0 spiro atoms. The lowest BCUT2D eigenvalue weighted by atomic mass is 10.1. The maximum Gasteiger partial charge on any atom is 0.435 e. The Morgan fingerprint density at radius 3 is 2.53 bits per heavy atom. The molecule has 0 aliphatic heterocycles. The highest BCUT2D eigenvalue weighted by atomic mass is 19.4. The van der Waals surface area contributed by atoms with Gasteiger partial charge in [-0.1, -0.05) is 6.07 Å². The first kappa shape index (κ1) is 11.6. The number of ketones is 1. The predicted octanol–water partition coefficient (Wildman–Crippen LogP) is 2.79. The van der Waals surface area contributed by atoms with Gasteiger partial charge in [-0.2, -0.15) is 18.3 Å². The smallest absolute Gasteiger partial charge is 0.295 e. The van der Waals surface area contributed by atoms with Crippen molar-refractivity contribution in [3.05, 3.63) is 29.5 Å². The summed E-state index contributed by atoms with van der Waals surface area (Å²) in [6.45, 7) is 1.36. The van der Waals surface area contributed by atoms with E-state index in [-0.39, 0.29) is 11.2 Å². The first-order valence-corrected chi connectivity index (χ1v) is 4.85. The quantitative estimate of drug-likeness (QED) is 0.721. The molecule has 0 aliphatic carbocycles. The SMILES string of the molecule is CC(=O)c1ccc2c(C(F)(F)F)nn(C)c2c1. The van der Waals surface area contributed by atoms with Gasteiger partial charge in [-0.25, -0.2) is 0 Å². The molecular weight excluding hydrogens is 233 g/mol. The highest BCUT2D eigenvalue weighted by Gasteiger charge is 2.36. The number of carbonyl (C=O) groups excluding carboxylic acids is 1. The van der Waals surface area contributed by atoms with Crippen LogP contribution in [0.3, 0.4) is 0 Å². The second-order valence-electron chi connectivity index (χ2n) is 3.76. The lowest BCUT2D eigenvalue weighted by Gasteiger charge is -2.02. The van der Waals surface area contributed by atoms with Crippen LogP contribution >= 0.6 is 0 Å². The zero-order chi connectivity index (χ0) is 12.8. The number of halogens is 3. The van der Waals surface area contributed by atoms with Crippen LogP contribution in [-0.4, -0.2) is 15.6 Å². The molecule has 0 amide bonds. The van der Waals surface area contributed by atoms with E-state index >= 15 is 0 Å². The molecule has 1 aromatic heterocycles. The van der Waals surface area contributed by atoms with E-state index < -0.39 is 11.9 Å². The molecule has 90 valence electrons. The van der Waals surface area contributed by atoms with E-state index in [9.17, 15) is 18.0 Å². The van der Waals surface area contributed by atoms with Crippen molar-refractivity contribution in [1.29, 1.82) is 0 Å². The third kappa shape index (κ3) is 1.90. The molecule has 17 heavy (non-hydrogen) atoms. The molecule has 0 fully saturated rings. The van der Waals surface area contributed by atoms with E-state index in [1.807, 2.05) is 0 Å². The number of aryl methyl sites for hydroxylation is 1. The fraction of sp³-hybridized carbons (Fsp3) is 0.273. The van der Waals surface area contributed by atoms with Crippen molar-refractivity contribution in [3.8, 4) is 0 Å². The van der Waals surface area contributed by atoms with Crippen LogP contribution in [0.1, 0.15) is 23.0 Å². The van der Waals surface area contributed by atoms with E-state index in [0.29, 0.717) is 11.1 Å². The fourth-order valence-electron chi connectivity index (χ4n) is 1.69. The van der Waals surface area contributed by atoms with E-state index in [1.165, 1.54) is 32.2 Å². The molecule has 2 aromatic rings. The zero-order valence-corrected chi connectivity index (χ0v) is 9.17. The van der Waals surface area contributed by atoms with Crippen LogP contribution in [0.25, 0.3) is 10.9 Å². The highest BCUT2D eigenvalue weighted by molar-refractivity contribution is 5.98. The van der Waals surface area contributed by atoms with Crippen molar-refractivity contribution in [2.45, 2.75) is 13.1 Å². The number of aromatic nitrogens is 2. The molecule has 6 heteroatoms. The lowest BCUT2D eigenvalue weighted by Crippen LogP contribution is -2.07. The highest BCUT2D eigenvalue weighted by Crippen LogP contribution is 2.33. The van der Waals surface area contributed by atoms with E-state index in [1.54, 1.807) is 0 Å². The molecule has 0 atom stereocenters. The average Bonchev–Trinajstić information content (AvgIpc) is 2.55. The molecule has 0 N–H and O–H groups in total. The van der Waals surface area contributed by atoms with Crippen molar-refractivity contribution in [2.24, 2.45) is 7.05 Å². The Kier molecular flexibility index (Phi) is 2.45. The standard InChI is InChI=1S/C11H9F3N2O/c1-6(17)7-3-4-8-9(5-7)16(2)15-10(8)11(12,13)14/h3-5H,1-2H3. The molecule has 0 saturated heterocycles. The molecule has 0 bridgehead atoms. The number of Topliss-reactive ketones (excluding diaryl/α,β-unsaturated/α-hetero) is 1. The van der Waals surface area contributed by atoms with Gasteiger partial charge < -0.3 is 0 Å². The first-order chi connectivity index (χ1) is 7.80. The van der Waals surface area contributed by atoms with Crippen LogP contribution in [0.2, 0.25) is 0 Å². The van der Waals surface area contributed by atoms with Gasteiger partial charge in [-0.05, 0) is 19.1 Å². The number of hydrogen-bond donors (Lipinski definition) is 0. The minimum atomic E-state index is -4.49. The Balaban J connectivity index is 2.74. The molecular formula is C11H9F3N2O. The zero-order valence-electron chi connectivity index (χ0n) is 9.17. The Morgan fingerprint density at radius 1 is 1.35 bits per heavy atom. The Bertz CT molecular complexity index is 599. The molecule has 0 radical (unpaired) electrons. The minimum Gasteiger partial charge on any atom is -0.295 e. The number of fused-ring (bicyclic) bond motifs is 1. The van der Waals surface area contributed by atoms with E-state index in [2.05, 4.69) is 5.10 Å².